The van der Waals surface area contributed by atoms with E-state index in [1.165, 1.54) is 24.0 Å². The lowest BCUT2D eigenvalue weighted by atomic mass is 9.74. The van der Waals surface area contributed by atoms with Gasteiger partial charge in [-0.2, -0.15) is 0 Å². The van der Waals surface area contributed by atoms with Crippen LogP contribution in [0.25, 0.3) is 11.5 Å². The lowest BCUT2D eigenvalue weighted by molar-refractivity contribution is 0.291. The summed E-state index contributed by atoms with van der Waals surface area (Å²) in [6.07, 6.45) is 3.44. The Hall–Kier alpha value is -2.46. The Balaban J connectivity index is 1.54. The molecule has 0 radical (unpaired) electrons. The lowest BCUT2D eigenvalue weighted by Gasteiger charge is -2.35. The molecule has 0 amide bonds. The quantitative estimate of drug-likeness (QED) is 0.774. The Morgan fingerprint density at radius 3 is 2.52 bits per heavy atom. The molecule has 1 spiro atoms. The van der Waals surface area contributed by atoms with E-state index in [0.717, 1.165) is 31.0 Å². The summed E-state index contributed by atoms with van der Waals surface area (Å²) >= 11 is 0. The zero-order valence-corrected chi connectivity index (χ0v) is 14.1. The van der Waals surface area contributed by atoms with E-state index in [2.05, 4.69) is 39.8 Å². The van der Waals surface area contributed by atoms with Gasteiger partial charge >= 0.3 is 0 Å². The predicted molar refractivity (Wildman–Crippen MR) is 96.4 cm³/mol. The molecule has 1 aromatic heterocycles. The van der Waals surface area contributed by atoms with Crippen molar-refractivity contribution in [3.05, 3.63) is 71.6 Å². The van der Waals surface area contributed by atoms with Gasteiger partial charge in [-0.1, -0.05) is 42.5 Å². The predicted octanol–water partition coefficient (Wildman–Crippen LogP) is 3.89. The summed E-state index contributed by atoms with van der Waals surface area (Å²) in [6, 6.07) is 18.8. The van der Waals surface area contributed by atoms with Crippen molar-refractivity contribution < 1.29 is 4.42 Å². The van der Waals surface area contributed by atoms with Gasteiger partial charge < -0.3 is 9.73 Å². The number of fused-ring (bicyclic) bond motifs is 2. The molecule has 1 N–H and O–H groups in total. The molecule has 1 aliphatic heterocycles. The molecular formula is C21H21N3O. The van der Waals surface area contributed by atoms with E-state index in [0.29, 0.717) is 5.89 Å². The number of rotatable bonds is 2. The molecule has 0 saturated carbocycles. The maximum absolute atomic E-state index is 6.11. The minimum absolute atomic E-state index is 0.208. The van der Waals surface area contributed by atoms with Gasteiger partial charge in [-0.05, 0) is 61.0 Å². The van der Waals surface area contributed by atoms with Crippen LogP contribution in [0.2, 0.25) is 0 Å². The van der Waals surface area contributed by atoms with Crippen molar-refractivity contribution in [2.75, 3.05) is 13.1 Å². The second kappa shape index (κ2) is 5.81. The minimum atomic E-state index is 0.208. The van der Waals surface area contributed by atoms with E-state index in [4.69, 9.17) is 4.42 Å². The number of piperidine rings is 1. The van der Waals surface area contributed by atoms with Crippen LogP contribution in [0.5, 0.6) is 0 Å². The lowest BCUT2D eigenvalue weighted by Crippen LogP contribution is -2.38. The third-order valence-corrected chi connectivity index (χ3v) is 5.82. The van der Waals surface area contributed by atoms with Crippen LogP contribution < -0.4 is 5.32 Å². The van der Waals surface area contributed by atoms with Crippen LogP contribution in [-0.4, -0.2) is 23.3 Å². The topological polar surface area (TPSA) is 51.0 Å². The Kier molecular flexibility index (Phi) is 3.45. The summed E-state index contributed by atoms with van der Waals surface area (Å²) in [6.45, 7) is 2.17. The second-order valence-corrected chi connectivity index (χ2v) is 7.19. The van der Waals surface area contributed by atoms with Crippen LogP contribution in [0.15, 0.2) is 59.0 Å². The van der Waals surface area contributed by atoms with Crippen molar-refractivity contribution >= 4 is 0 Å². The van der Waals surface area contributed by atoms with Gasteiger partial charge in [-0.25, -0.2) is 0 Å². The molecule has 0 unspecified atom stereocenters. The fourth-order valence-electron chi connectivity index (χ4n) is 4.57. The van der Waals surface area contributed by atoms with E-state index in [9.17, 15) is 0 Å². The largest absolute Gasteiger partial charge is 0.420 e. The fraction of sp³-hybridized carbons (Fsp3) is 0.333. The first-order valence-electron chi connectivity index (χ1n) is 9.05. The molecule has 2 aliphatic rings. The highest BCUT2D eigenvalue weighted by Gasteiger charge is 2.46. The van der Waals surface area contributed by atoms with Gasteiger partial charge in [0, 0.05) is 5.56 Å². The van der Waals surface area contributed by atoms with E-state index in [1.807, 2.05) is 30.3 Å². The second-order valence-electron chi connectivity index (χ2n) is 7.19. The molecular weight excluding hydrogens is 310 g/mol. The Labute approximate surface area is 147 Å². The number of nitrogens with one attached hydrogen (secondary N) is 1. The van der Waals surface area contributed by atoms with Crippen molar-refractivity contribution in [1.82, 2.24) is 15.5 Å². The van der Waals surface area contributed by atoms with Crippen LogP contribution in [0.3, 0.4) is 0 Å². The summed E-state index contributed by atoms with van der Waals surface area (Å²) in [4.78, 5) is 0. The Bertz CT molecular complexity index is 881. The minimum Gasteiger partial charge on any atom is -0.420 e. The molecule has 1 saturated heterocycles. The number of hydrogen-bond acceptors (Lipinski definition) is 4. The molecule has 1 atom stereocenters. The van der Waals surface area contributed by atoms with Crippen molar-refractivity contribution in [2.24, 2.45) is 0 Å². The van der Waals surface area contributed by atoms with Crippen LogP contribution >= 0.6 is 0 Å². The number of benzene rings is 2. The maximum atomic E-state index is 6.11. The van der Waals surface area contributed by atoms with Crippen molar-refractivity contribution in [1.29, 1.82) is 0 Å². The van der Waals surface area contributed by atoms with Crippen LogP contribution in [0, 0.1) is 0 Å². The number of hydrogen-bond donors (Lipinski definition) is 1. The summed E-state index contributed by atoms with van der Waals surface area (Å²) in [5.41, 5.74) is 4.09. The summed E-state index contributed by atoms with van der Waals surface area (Å²) in [5.74, 6) is 1.57. The third kappa shape index (κ3) is 2.40. The first kappa shape index (κ1) is 14.8. The first-order valence-corrected chi connectivity index (χ1v) is 9.05. The molecule has 2 aromatic carbocycles. The van der Waals surface area contributed by atoms with Crippen LogP contribution in [-0.2, 0) is 5.41 Å². The maximum Gasteiger partial charge on any atom is 0.247 e. The molecule has 0 bridgehead atoms. The van der Waals surface area contributed by atoms with E-state index < -0.39 is 0 Å². The summed E-state index contributed by atoms with van der Waals surface area (Å²) < 4.78 is 6.11. The highest BCUT2D eigenvalue weighted by molar-refractivity contribution is 5.52. The van der Waals surface area contributed by atoms with Gasteiger partial charge in [0.25, 0.3) is 0 Å². The molecule has 3 aromatic rings. The van der Waals surface area contributed by atoms with Crippen molar-refractivity contribution in [3.63, 3.8) is 0 Å². The van der Waals surface area contributed by atoms with E-state index >= 15 is 0 Å². The van der Waals surface area contributed by atoms with Crippen LogP contribution in [0.1, 0.15) is 42.2 Å². The van der Waals surface area contributed by atoms with Crippen molar-refractivity contribution in [3.8, 4) is 11.5 Å². The van der Waals surface area contributed by atoms with E-state index in [-0.39, 0.29) is 11.3 Å². The zero-order chi connectivity index (χ0) is 16.7. The van der Waals surface area contributed by atoms with Gasteiger partial charge in [-0.3, -0.25) is 0 Å². The van der Waals surface area contributed by atoms with Crippen molar-refractivity contribution in [2.45, 2.75) is 30.6 Å². The number of aromatic nitrogens is 2. The van der Waals surface area contributed by atoms with Gasteiger partial charge in [0.1, 0.15) is 0 Å². The Morgan fingerprint density at radius 2 is 1.68 bits per heavy atom. The molecule has 1 aliphatic carbocycles. The zero-order valence-electron chi connectivity index (χ0n) is 14.1. The smallest absolute Gasteiger partial charge is 0.247 e. The fourth-order valence-corrected chi connectivity index (χ4v) is 4.57. The monoisotopic (exact) mass is 331 g/mol. The standard InChI is InChI=1S/C21H21N3O/c1-2-6-15(7-3-1)19-23-24-20(25-19)17-14-21(10-12-22-13-11-21)18-9-5-4-8-16(17)18/h1-9,17,22H,10-14H2/t17-/m0/s1. The first-order chi connectivity index (χ1) is 12.4. The molecule has 2 heterocycles. The molecule has 25 heavy (non-hydrogen) atoms. The molecule has 1 fully saturated rings. The average molecular weight is 331 g/mol. The van der Waals surface area contributed by atoms with Gasteiger partial charge in [0.05, 0.1) is 5.92 Å². The molecule has 126 valence electrons. The molecule has 4 nitrogen and oxygen atoms in total. The van der Waals surface area contributed by atoms with Gasteiger partial charge in [0.2, 0.25) is 11.8 Å². The SMILES string of the molecule is c1ccc(-c2nnc([C@H]3CC4(CCNCC4)c4ccccc43)o2)cc1. The summed E-state index contributed by atoms with van der Waals surface area (Å²) in [7, 11) is 0. The summed E-state index contributed by atoms with van der Waals surface area (Å²) in [5, 5.41) is 12.2. The average Bonchev–Trinajstić information content (AvgIpc) is 3.28. The van der Waals surface area contributed by atoms with E-state index in [1.54, 1.807) is 0 Å². The van der Waals surface area contributed by atoms with Gasteiger partial charge in [-0.15, -0.1) is 10.2 Å². The number of nitrogens with zero attached hydrogens (tertiary/aromatic N) is 2. The highest BCUT2D eigenvalue weighted by atomic mass is 16.4. The molecule has 5 rings (SSSR count). The normalized spacial score (nSPS) is 21.4. The van der Waals surface area contributed by atoms with Crippen LogP contribution in [0.4, 0.5) is 0 Å². The Morgan fingerprint density at radius 1 is 0.920 bits per heavy atom. The van der Waals surface area contributed by atoms with Gasteiger partial charge in [0.15, 0.2) is 0 Å². The molecule has 4 heteroatoms. The third-order valence-electron chi connectivity index (χ3n) is 5.82. The highest BCUT2D eigenvalue weighted by Crippen LogP contribution is 2.52.